The third kappa shape index (κ3) is 3.99. The molecule has 2 rings (SSSR count). The highest BCUT2D eigenvalue weighted by Crippen LogP contribution is 2.26. The first-order chi connectivity index (χ1) is 10.0. The number of piperidine rings is 1. The molecule has 1 heterocycles. The number of carbonyl (C=O) groups is 1. The van der Waals surface area contributed by atoms with Gasteiger partial charge >= 0.3 is 0 Å². The Bertz CT molecular complexity index is 488. The Morgan fingerprint density at radius 1 is 1.33 bits per heavy atom. The number of ether oxygens (including phenoxy) is 1. The Morgan fingerprint density at radius 3 is 2.57 bits per heavy atom. The van der Waals surface area contributed by atoms with E-state index in [1.165, 1.54) is 5.56 Å². The molecule has 1 aliphatic rings. The van der Waals surface area contributed by atoms with Crippen molar-refractivity contribution in [2.45, 2.75) is 46.0 Å². The van der Waals surface area contributed by atoms with Crippen molar-refractivity contribution < 1.29 is 9.53 Å². The second-order valence-corrected chi connectivity index (χ2v) is 6.47. The molecule has 1 aromatic rings. The molecule has 1 fully saturated rings. The summed E-state index contributed by atoms with van der Waals surface area (Å²) in [7, 11) is 1.68. The van der Waals surface area contributed by atoms with Gasteiger partial charge in [-0.1, -0.05) is 32.9 Å². The molecule has 116 valence electrons. The van der Waals surface area contributed by atoms with Gasteiger partial charge in [0.2, 0.25) is 5.91 Å². The molecule has 0 N–H and O–H groups in total. The molecule has 3 nitrogen and oxygen atoms in total. The monoisotopic (exact) mass is 289 g/mol. The van der Waals surface area contributed by atoms with Crippen LogP contribution in [0.2, 0.25) is 0 Å². The van der Waals surface area contributed by atoms with Crippen LogP contribution in [-0.2, 0) is 11.2 Å². The fourth-order valence-electron chi connectivity index (χ4n) is 2.80. The summed E-state index contributed by atoms with van der Waals surface area (Å²) in [6, 6.07) is 6.21. The SMILES string of the molecule is COc1cc(C(C)C)ccc1CC(=O)N1CCC(C)CC1. The summed E-state index contributed by atoms with van der Waals surface area (Å²) in [6.45, 7) is 8.37. The van der Waals surface area contributed by atoms with Gasteiger partial charge in [-0.15, -0.1) is 0 Å². The second-order valence-electron chi connectivity index (χ2n) is 6.47. The quantitative estimate of drug-likeness (QED) is 0.847. The van der Waals surface area contributed by atoms with Gasteiger partial charge in [0.15, 0.2) is 0 Å². The van der Waals surface area contributed by atoms with E-state index in [4.69, 9.17) is 4.74 Å². The Labute approximate surface area is 128 Å². The van der Waals surface area contributed by atoms with E-state index in [1.54, 1.807) is 7.11 Å². The molecule has 0 unspecified atom stereocenters. The van der Waals surface area contributed by atoms with E-state index in [9.17, 15) is 4.79 Å². The number of methoxy groups -OCH3 is 1. The Hall–Kier alpha value is -1.51. The first kappa shape index (κ1) is 15.9. The number of amides is 1. The van der Waals surface area contributed by atoms with Gasteiger partial charge in [0.25, 0.3) is 0 Å². The van der Waals surface area contributed by atoms with Crippen molar-refractivity contribution in [2.75, 3.05) is 20.2 Å². The van der Waals surface area contributed by atoms with Gasteiger partial charge in [0.1, 0.15) is 5.75 Å². The van der Waals surface area contributed by atoms with Gasteiger partial charge in [-0.3, -0.25) is 4.79 Å². The van der Waals surface area contributed by atoms with Crippen LogP contribution in [0.1, 0.15) is 50.7 Å². The summed E-state index contributed by atoms with van der Waals surface area (Å²) in [5, 5.41) is 0. The van der Waals surface area contributed by atoms with Crippen LogP contribution in [0.15, 0.2) is 18.2 Å². The molecular formula is C18H27NO2. The third-order valence-corrected chi connectivity index (χ3v) is 4.46. The van der Waals surface area contributed by atoms with Gasteiger partial charge in [0.05, 0.1) is 13.5 Å². The van der Waals surface area contributed by atoms with E-state index < -0.39 is 0 Å². The maximum absolute atomic E-state index is 12.4. The van der Waals surface area contributed by atoms with Crippen molar-refractivity contribution in [3.05, 3.63) is 29.3 Å². The molecule has 0 radical (unpaired) electrons. The summed E-state index contributed by atoms with van der Waals surface area (Å²) in [4.78, 5) is 14.4. The molecule has 0 spiro atoms. The zero-order chi connectivity index (χ0) is 15.4. The number of benzene rings is 1. The van der Waals surface area contributed by atoms with Crippen LogP contribution in [0.25, 0.3) is 0 Å². The highest BCUT2D eigenvalue weighted by atomic mass is 16.5. The van der Waals surface area contributed by atoms with E-state index >= 15 is 0 Å². The summed E-state index contributed by atoms with van der Waals surface area (Å²) in [6.07, 6.45) is 2.68. The van der Waals surface area contributed by atoms with E-state index in [2.05, 4.69) is 32.9 Å². The lowest BCUT2D eigenvalue weighted by molar-refractivity contribution is -0.131. The number of likely N-dealkylation sites (tertiary alicyclic amines) is 1. The molecule has 1 aromatic carbocycles. The molecule has 1 aliphatic heterocycles. The van der Waals surface area contributed by atoms with Gasteiger partial charge in [-0.05, 0) is 36.3 Å². The predicted octanol–water partition coefficient (Wildman–Crippen LogP) is 3.62. The van der Waals surface area contributed by atoms with Crippen molar-refractivity contribution in [1.29, 1.82) is 0 Å². The zero-order valence-corrected chi connectivity index (χ0v) is 13.7. The third-order valence-electron chi connectivity index (χ3n) is 4.46. The van der Waals surface area contributed by atoms with Crippen molar-refractivity contribution in [1.82, 2.24) is 4.90 Å². The summed E-state index contributed by atoms with van der Waals surface area (Å²) >= 11 is 0. The van der Waals surface area contributed by atoms with Crippen LogP contribution in [-0.4, -0.2) is 31.0 Å². The van der Waals surface area contributed by atoms with Gasteiger partial charge in [0, 0.05) is 18.7 Å². The molecule has 0 atom stereocenters. The summed E-state index contributed by atoms with van der Waals surface area (Å²) in [5.74, 6) is 2.26. The number of nitrogens with zero attached hydrogens (tertiary/aromatic N) is 1. The highest BCUT2D eigenvalue weighted by Gasteiger charge is 2.21. The molecule has 0 aromatic heterocycles. The second kappa shape index (κ2) is 6.97. The molecule has 0 saturated carbocycles. The van der Waals surface area contributed by atoms with Crippen LogP contribution in [0, 0.1) is 5.92 Å². The predicted molar refractivity (Wildman–Crippen MR) is 85.8 cm³/mol. The lowest BCUT2D eigenvalue weighted by atomic mass is 9.97. The molecule has 0 aliphatic carbocycles. The minimum Gasteiger partial charge on any atom is -0.496 e. The molecule has 3 heteroatoms. The Kier molecular flexibility index (Phi) is 5.27. The lowest BCUT2D eigenvalue weighted by Gasteiger charge is -2.30. The first-order valence-corrected chi connectivity index (χ1v) is 7.95. The van der Waals surface area contributed by atoms with Gasteiger partial charge in [-0.25, -0.2) is 0 Å². The number of hydrogen-bond acceptors (Lipinski definition) is 2. The van der Waals surface area contributed by atoms with E-state index in [0.717, 1.165) is 43.2 Å². The van der Waals surface area contributed by atoms with Crippen LogP contribution in [0.5, 0.6) is 5.75 Å². The van der Waals surface area contributed by atoms with E-state index in [0.29, 0.717) is 12.3 Å². The number of rotatable bonds is 4. The normalized spacial score (nSPS) is 16.3. The average molecular weight is 289 g/mol. The smallest absolute Gasteiger partial charge is 0.227 e. The minimum atomic E-state index is 0.220. The maximum atomic E-state index is 12.4. The van der Waals surface area contributed by atoms with Crippen LogP contribution in [0.4, 0.5) is 0 Å². The summed E-state index contributed by atoms with van der Waals surface area (Å²) < 4.78 is 5.47. The van der Waals surface area contributed by atoms with E-state index in [-0.39, 0.29) is 5.91 Å². The molecular weight excluding hydrogens is 262 g/mol. The topological polar surface area (TPSA) is 29.5 Å². The number of carbonyl (C=O) groups excluding carboxylic acids is 1. The van der Waals surface area contributed by atoms with Crippen molar-refractivity contribution in [3.8, 4) is 5.75 Å². The molecule has 1 amide bonds. The highest BCUT2D eigenvalue weighted by molar-refractivity contribution is 5.79. The van der Waals surface area contributed by atoms with Crippen LogP contribution >= 0.6 is 0 Å². The minimum absolute atomic E-state index is 0.220. The van der Waals surface area contributed by atoms with E-state index in [1.807, 2.05) is 11.0 Å². The van der Waals surface area contributed by atoms with Crippen molar-refractivity contribution in [2.24, 2.45) is 5.92 Å². The zero-order valence-electron chi connectivity index (χ0n) is 13.7. The van der Waals surface area contributed by atoms with Crippen LogP contribution in [0.3, 0.4) is 0 Å². The standard InChI is InChI=1S/C18H27NO2/c1-13(2)15-5-6-16(17(11-15)21-4)12-18(20)19-9-7-14(3)8-10-19/h5-6,11,13-14H,7-10,12H2,1-4H3. The fourth-order valence-corrected chi connectivity index (χ4v) is 2.80. The fraction of sp³-hybridized carbons (Fsp3) is 0.611. The largest absolute Gasteiger partial charge is 0.496 e. The van der Waals surface area contributed by atoms with Gasteiger partial charge in [-0.2, -0.15) is 0 Å². The van der Waals surface area contributed by atoms with Gasteiger partial charge < -0.3 is 9.64 Å². The Balaban J connectivity index is 2.06. The summed E-state index contributed by atoms with van der Waals surface area (Å²) in [5.41, 5.74) is 2.24. The average Bonchev–Trinajstić information content (AvgIpc) is 2.48. The molecule has 0 bridgehead atoms. The maximum Gasteiger partial charge on any atom is 0.227 e. The Morgan fingerprint density at radius 2 is 2.00 bits per heavy atom. The van der Waals surface area contributed by atoms with Crippen molar-refractivity contribution in [3.63, 3.8) is 0 Å². The first-order valence-electron chi connectivity index (χ1n) is 7.95. The molecule has 1 saturated heterocycles. The lowest BCUT2D eigenvalue weighted by Crippen LogP contribution is -2.38. The molecule has 21 heavy (non-hydrogen) atoms. The van der Waals surface area contributed by atoms with Crippen LogP contribution < -0.4 is 4.74 Å². The number of hydrogen-bond donors (Lipinski definition) is 0. The van der Waals surface area contributed by atoms with Crippen molar-refractivity contribution >= 4 is 5.91 Å².